The Bertz CT molecular complexity index is 791. The average Bonchev–Trinajstić information content (AvgIpc) is 2.58. The number of nitrogens with zero attached hydrogens (tertiary/aromatic N) is 2. The van der Waals surface area contributed by atoms with Crippen LogP contribution in [0.1, 0.15) is 17.5 Å². The highest BCUT2D eigenvalue weighted by atomic mass is 19.1. The van der Waals surface area contributed by atoms with Crippen molar-refractivity contribution in [1.82, 2.24) is 4.98 Å². The molecule has 1 saturated heterocycles. The molecule has 1 fully saturated rings. The highest BCUT2D eigenvalue weighted by molar-refractivity contribution is 5.94. The van der Waals surface area contributed by atoms with E-state index in [0.29, 0.717) is 17.2 Å². The Morgan fingerprint density at radius 2 is 2.04 bits per heavy atom. The van der Waals surface area contributed by atoms with E-state index in [-0.39, 0.29) is 24.7 Å². The van der Waals surface area contributed by atoms with Crippen LogP contribution < -0.4 is 10.6 Å². The Kier molecular flexibility index (Phi) is 5.46. The second kappa shape index (κ2) is 7.95. The van der Waals surface area contributed by atoms with Gasteiger partial charge in [-0.1, -0.05) is 12.1 Å². The van der Waals surface area contributed by atoms with Crippen molar-refractivity contribution < 1.29 is 13.9 Å². The fraction of sp³-hybridized carbons (Fsp3) is 0.316. The number of rotatable bonds is 7. The van der Waals surface area contributed by atoms with Gasteiger partial charge in [-0.15, -0.1) is 0 Å². The molecule has 1 aromatic heterocycles. The van der Waals surface area contributed by atoms with Crippen molar-refractivity contribution >= 4 is 17.5 Å². The summed E-state index contributed by atoms with van der Waals surface area (Å²) >= 11 is 0. The average molecular weight is 356 g/mol. The number of carbonyl (C=O) groups excluding carboxylic acids is 1. The third-order valence-electron chi connectivity index (χ3n) is 4.35. The molecule has 7 heteroatoms. The van der Waals surface area contributed by atoms with Gasteiger partial charge >= 0.3 is 5.97 Å². The molecular weight excluding hydrogens is 335 g/mol. The molecule has 0 aliphatic carbocycles. The fourth-order valence-corrected chi connectivity index (χ4v) is 3.03. The summed E-state index contributed by atoms with van der Waals surface area (Å²) in [5.41, 5.74) is 7.22. The number of benzene rings is 1. The lowest BCUT2D eigenvalue weighted by Crippen LogP contribution is -2.48. The van der Waals surface area contributed by atoms with Gasteiger partial charge in [-0.2, -0.15) is 0 Å². The molecule has 0 amide bonds. The van der Waals surface area contributed by atoms with Crippen LogP contribution in [0.5, 0.6) is 0 Å². The minimum Gasteiger partial charge on any atom is -0.460 e. The molecular formula is C19H21FN4O2. The first kappa shape index (κ1) is 17.8. The molecule has 0 radical (unpaired) electrons. The fourth-order valence-electron chi connectivity index (χ4n) is 3.03. The zero-order valence-corrected chi connectivity index (χ0v) is 14.3. The van der Waals surface area contributed by atoms with E-state index in [1.165, 1.54) is 5.56 Å². The van der Waals surface area contributed by atoms with E-state index < -0.39 is 5.97 Å². The van der Waals surface area contributed by atoms with E-state index in [2.05, 4.69) is 4.98 Å². The van der Waals surface area contributed by atoms with E-state index >= 15 is 0 Å². The first-order chi connectivity index (χ1) is 12.5. The number of amidine groups is 1. The number of esters is 1. The van der Waals surface area contributed by atoms with Gasteiger partial charge in [0.15, 0.2) is 5.82 Å². The van der Waals surface area contributed by atoms with E-state index in [1.807, 2.05) is 17.0 Å². The summed E-state index contributed by atoms with van der Waals surface area (Å²) in [5.74, 6) is -0.798. The smallest absolute Gasteiger partial charge is 0.313 e. The normalized spacial score (nSPS) is 14.0. The molecule has 0 atom stereocenters. The molecule has 6 nitrogen and oxygen atoms in total. The van der Waals surface area contributed by atoms with Crippen molar-refractivity contribution in [2.24, 2.45) is 11.7 Å². The van der Waals surface area contributed by atoms with Gasteiger partial charge in [-0.05, 0) is 36.1 Å². The SMILES string of the molecule is N=C(N)CC(=O)OCc1cccc(N2CC(Cc3ccncc3)C2)c1F. The van der Waals surface area contributed by atoms with Crippen molar-refractivity contribution in [3.8, 4) is 0 Å². The first-order valence-corrected chi connectivity index (χ1v) is 8.42. The molecule has 0 unspecified atom stereocenters. The summed E-state index contributed by atoms with van der Waals surface area (Å²) in [7, 11) is 0. The summed E-state index contributed by atoms with van der Waals surface area (Å²) in [6.07, 6.45) is 4.22. The van der Waals surface area contributed by atoms with Crippen molar-refractivity contribution in [3.63, 3.8) is 0 Å². The number of hydrogen-bond donors (Lipinski definition) is 2. The van der Waals surface area contributed by atoms with Crippen molar-refractivity contribution in [3.05, 3.63) is 59.7 Å². The molecule has 2 heterocycles. The number of carbonyl (C=O) groups is 1. The maximum absolute atomic E-state index is 14.7. The van der Waals surface area contributed by atoms with Crippen LogP contribution in [-0.4, -0.2) is 29.9 Å². The molecule has 1 aliphatic heterocycles. The van der Waals surface area contributed by atoms with Crippen molar-refractivity contribution in [2.75, 3.05) is 18.0 Å². The van der Waals surface area contributed by atoms with Gasteiger partial charge < -0.3 is 15.4 Å². The molecule has 2 aromatic rings. The summed E-state index contributed by atoms with van der Waals surface area (Å²) < 4.78 is 19.7. The predicted octanol–water partition coefficient (Wildman–Crippen LogP) is 2.27. The summed E-state index contributed by atoms with van der Waals surface area (Å²) in [6, 6.07) is 9.08. The predicted molar refractivity (Wildman–Crippen MR) is 96.4 cm³/mol. The largest absolute Gasteiger partial charge is 0.460 e. The molecule has 0 bridgehead atoms. The number of aromatic nitrogens is 1. The Labute approximate surface area is 151 Å². The zero-order chi connectivity index (χ0) is 18.5. The summed E-state index contributed by atoms with van der Waals surface area (Å²) in [5, 5.41) is 7.07. The standard InChI is InChI=1S/C19H21FN4O2/c20-19-15(12-26-18(25)9-17(21)22)2-1-3-16(19)24-10-14(11-24)8-13-4-6-23-7-5-13/h1-7,14H,8-12H2,(H3,21,22). The van der Waals surface area contributed by atoms with Gasteiger partial charge in [0.05, 0.1) is 5.69 Å². The van der Waals surface area contributed by atoms with Crippen LogP contribution >= 0.6 is 0 Å². The van der Waals surface area contributed by atoms with Gasteiger partial charge in [0.2, 0.25) is 0 Å². The van der Waals surface area contributed by atoms with Gasteiger partial charge in [-0.25, -0.2) is 4.39 Å². The second-order valence-electron chi connectivity index (χ2n) is 6.44. The topological polar surface area (TPSA) is 92.3 Å². The first-order valence-electron chi connectivity index (χ1n) is 8.42. The molecule has 3 N–H and O–H groups in total. The number of ether oxygens (including phenoxy) is 1. The minimum absolute atomic E-state index is 0.167. The maximum atomic E-state index is 14.7. The lowest BCUT2D eigenvalue weighted by molar-refractivity contribution is -0.143. The molecule has 26 heavy (non-hydrogen) atoms. The Hall–Kier alpha value is -2.96. The molecule has 0 spiro atoms. The van der Waals surface area contributed by atoms with Crippen LogP contribution in [0.25, 0.3) is 0 Å². The van der Waals surface area contributed by atoms with Crippen LogP contribution in [0.15, 0.2) is 42.7 Å². The van der Waals surface area contributed by atoms with Gasteiger partial charge in [-0.3, -0.25) is 15.2 Å². The second-order valence-corrected chi connectivity index (χ2v) is 6.44. The number of anilines is 1. The van der Waals surface area contributed by atoms with Gasteiger partial charge in [0, 0.05) is 31.0 Å². The van der Waals surface area contributed by atoms with Crippen LogP contribution in [0.3, 0.4) is 0 Å². The van der Waals surface area contributed by atoms with Gasteiger partial charge in [0.25, 0.3) is 0 Å². The van der Waals surface area contributed by atoms with E-state index in [1.54, 1.807) is 30.6 Å². The summed E-state index contributed by atoms with van der Waals surface area (Å²) in [4.78, 5) is 17.5. The lowest BCUT2D eigenvalue weighted by Gasteiger charge is -2.41. The number of nitrogens with two attached hydrogens (primary N) is 1. The molecule has 0 saturated carbocycles. The zero-order valence-electron chi connectivity index (χ0n) is 14.3. The van der Waals surface area contributed by atoms with Crippen LogP contribution in [0.4, 0.5) is 10.1 Å². The third kappa shape index (κ3) is 4.36. The quantitative estimate of drug-likeness (QED) is 0.451. The van der Waals surface area contributed by atoms with E-state index in [4.69, 9.17) is 15.9 Å². The molecule has 3 rings (SSSR count). The van der Waals surface area contributed by atoms with Crippen LogP contribution in [0.2, 0.25) is 0 Å². The van der Waals surface area contributed by atoms with Gasteiger partial charge in [0.1, 0.15) is 18.9 Å². The Balaban J connectivity index is 1.56. The monoisotopic (exact) mass is 356 g/mol. The molecule has 136 valence electrons. The van der Waals surface area contributed by atoms with Crippen molar-refractivity contribution in [2.45, 2.75) is 19.4 Å². The Morgan fingerprint density at radius 1 is 1.31 bits per heavy atom. The Morgan fingerprint density at radius 3 is 2.73 bits per heavy atom. The lowest BCUT2D eigenvalue weighted by atomic mass is 9.92. The number of pyridine rings is 1. The number of halogens is 1. The number of hydrogen-bond acceptors (Lipinski definition) is 5. The highest BCUT2D eigenvalue weighted by Crippen LogP contribution is 2.30. The number of nitrogens with one attached hydrogen (secondary N) is 1. The maximum Gasteiger partial charge on any atom is 0.313 e. The van der Waals surface area contributed by atoms with E-state index in [0.717, 1.165) is 19.5 Å². The molecule has 1 aromatic carbocycles. The van der Waals surface area contributed by atoms with Crippen LogP contribution in [-0.2, 0) is 22.6 Å². The summed E-state index contributed by atoms with van der Waals surface area (Å²) in [6.45, 7) is 1.40. The third-order valence-corrected chi connectivity index (χ3v) is 4.35. The van der Waals surface area contributed by atoms with E-state index in [9.17, 15) is 9.18 Å². The van der Waals surface area contributed by atoms with Crippen molar-refractivity contribution in [1.29, 1.82) is 5.41 Å². The minimum atomic E-state index is -0.635. The highest BCUT2D eigenvalue weighted by Gasteiger charge is 2.29. The molecule has 1 aliphatic rings. The van der Waals surface area contributed by atoms with Crippen LogP contribution in [0, 0.1) is 17.1 Å².